The van der Waals surface area contributed by atoms with Crippen LogP contribution in [-0.2, 0) is 0 Å². The van der Waals surface area contributed by atoms with Crippen molar-refractivity contribution in [2.45, 2.75) is 6.92 Å². The molecule has 0 fully saturated rings. The van der Waals surface area contributed by atoms with Gasteiger partial charge in [0.05, 0.1) is 0 Å². The Hall–Kier alpha value is -2.22. The summed E-state index contributed by atoms with van der Waals surface area (Å²) in [5.74, 6) is 1.32. The molecule has 2 rings (SSSR count). The van der Waals surface area contributed by atoms with E-state index >= 15 is 0 Å². The highest BCUT2D eigenvalue weighted by molar-refractivity contribution is 5.55. The van der Waals surface area contributed by atoms with Crippen molar-refractivity contribution in [1.82, 2.24) is 0 Å². The summed E-state index contributed by atoms with van der Waals surface area (Å²) in [5, 5.41) is 9.82. The third-order valence-corrected chi connectivity index (χ3v) is 2.31. The van der Waals surface area contributed by atoms with Crippen molar-refractivity contribution in [2.75, 3.05) is 0 Å². The fourth-order valence-corrected chi connectivity index (χ4v) is 1.53. The molecule has 0 bridgehead atoms. The summed E-state index contributed by atoms with van der Waals surface area (Å²) in [6.45, 7) is 1.94. The second kappa shape index (κ2) is 5.21. The number of hydrogen-bond acceptors (Lipinski definition) is 2. The molecule has 2 nitrogen and oxygen atoms in total. The Morgan fingerprint density at radius 1 is 1.06 bits per heavy atom. The van der Waals surface area contributed by atoms with Crippen molar-refractivity contribution >= 4 is 6.08 Å². The van der Waals surface area contributed by atoms with E-state index in [0.717, 1.165) is 5.56 Å². The molecule has 0 radical (unpaired) electrons. The molecule has 0 aliphatic heterocycles. The average molecular weight is 226 g/mol. The highest BCUT2D eigenvalue weighted by Crippen LogP contribution is 2.31. The number of allylic oxidation sites excluding steroid dienone is 1. The van der Waals surface area contributed by atoms with Crippen LogP contribution in [0.15, 0.2) is 54.6 Å². The summed E-state index contributed by atoms with van der Waals surface area (Å²) in [6.07, 6.45) is 3.85. The molecule has 0 atom stereocenters. The van der Waals surface area contributed by atoms with Crippen molar-refractivity contribution in [3.8, 4) is 17.2 Å². The lowest BCUT2D eigenvalue weighted by atomic mass is 10.2. The van der Waals surface area contributed by atoms with Gasteiger partial charge >= 0.3 is 0 Å². The van der Waals surface area contributed by atoms with Gasteiger partial charge in [0.15, 0.2) is 11.5 Å². The van der Waals surface area contributed by atoms with Gasteiger partial charge in [-0.2, -0.15) is 0 Å². The fraction of sp³-hybridized carbons (Fsp3) is 0.0667. The molecular formula is C15H14O2. The Kier molecular flexibility index (Phi) is 3.46. The van der Waals surface area contributed by atoms with Crippen LogP contribution in [-0.4, -0.2) is 5.11 Å². The molecule has 2 aromatic rings. The van der Waals surface area contributed by atoms with Gasteiger partial charge in [-0.15, -0.1) is 0 Å². The van der Waals surface area contributed by atoms with E-state index in [9.17, 15) is 5.11 Å². The molecule has 1 N–H and O–H groups in total. The molecule has 2 heteroatoms. The van der Waals surface area contributed by atoms with Gasteiger partial charge in [0.25, 0.3) is 0 Å². The van der Waals surface area contributed by atoms with Gasteiger partial charge in [0.2, 0.25) is 0 Å². The van der Waals surface area contributed by atoms with Crippen LogP contribution in [0.5, 0.6) is 17.2 Å². The molecule has 0 amide bonds. The summed E-state index contributed by atoms with van der Waals surface area (Å²) < 4.78 is 5.57. The lowest BCUT2D eigenvalue weighted by molar-refractivity contribution is 0.411. The second-order valence-corrected chi connectivity index (χ2v) is 3.64. The molecule has 0 aromatic heterocycles. The van der Waals surface area contributed by atoms with Gasteiger partial charge in [0, 0.05) is 0 Å². The van der Waals surface area contributed by atoms with Crippen molar-refractivity contribution < 1.29 is 9.84 Å². The number of hydrogen-bond donors (Lipinski definition) is 1. The first-order valence-electron chi connectivity index (χ1n) is 5.48. The first-order chi connectivity index (χ1) is 8.29. The van der Waals surface area contributed by atoms with Crippen LogP contribution < -0.4 is 4.74 Å². The first-order valence-corrected chi connectivity index (χ1v) is 5.48. The van der Waals surface area contributed by atoms with E-state index < -0.39 is 0 Å². The summed E-state index contributed by atoms with van der Waals surface area (Å²) in [6, 6.07) is 14.7. The number of phenols is 1. The van der Waals surface area contributed by atoms with E-state index in [-0.39, 0.29) is 5.75 Å². The van der Waals surface area contributed by atoms with Gasteiger partial charge in [-0.3, -0.25) is 0 Å². The molecule has 0 aliphatic carbocycles. The Morgan fingerprint density at radius 3 is 2.47 bits per heavy atom. The summed E-state index contributed by atoms with van der Waals surface area (Å²) in [5.41, 5.74) is 0.949. The Labute approximate surface area is 101 Å². The molecule has 0 unspecified atom stereocenters. The van der Waals surface area contributed by atoms with E-state index in [1.54, 1.807) is 12.1 Å². The monoisotopic (exact) mass is 226 g/mol. The van der Waals surface area contributed by atoms with Crippen LogP contribution in [0.3, 0.4) is 0 Å². The summed E-state index contributed by atoms with van der Waals surface area (Å²) in [4.78, 5) is 0. The largest absolute Gasteiger partial charge is 0.504 e. The fourth-order valence-electron chi connectivity index (χ4n) is 1.53. The van der Waals surface area contributed by atoms with Gasteiger partial charge in [-0.05, 0) is 36.8 Å². The van der Waals surface area contributed by atoms with Crippen LogP contribution in [0.2, 0.25) is 0 Å². The number of phenolic OH excluding ortho intramolecular Hbond substituents is 1. The molecule has 86 valence electrons. The highest BCUT2D eigenvalue weighted by atomic mass is 16.5. The number of rotatable bonds is 3. The number of benzene rings is 2. The second-order valence-electron chi connectivity index (χ2n) is 3.64. The van der Waals surface area contributed by atoms with Crippen LogP contribution >= 0.6 is 0 Å². The highest BCUT2D eigenvalue weighted by Gasteiger charge is 2.03. The maximum Gasteiger partial charge on any atom is 0.169 e. The lowest BCUT2D eigenvalue weighted by Crippen LogP contribution is -1.84. The molecule has 0 aliphatic rings. The average Bonchev–Trinajstić information content (AvgIpc) is 2.34. The lowest BCUT2D eigenvalue weighted by Gasteiger charge is -2.07. The molecular weight excluding hydrogens is 212 g/mol. The quantitative estimate of drug-likeness (QED) is 0.849. The predicted octanol–water partition coefficient (Wildman–Crippen LogP) is 4.22. The van der Waals surface area contributed by atoms with Crippen molar-refractivity contribution in [1.29, 1.82) is 0 Å². The zero-order valence-corrected chi connectivity index (χ0v) is 9.63. The van der Waals surface area contributed by atoms with E-state index in [1.807, 2.05) is 55.5 Å². The van der Waals surface area contributed by atoms with Crippen molar-refractivity contribution in [3.63, 3.8) is 0 Å². The minimum Gasteiger partial charge on any atom is -0.504 e. The zero-order valence-electron chi connectivity index (χ0n) is 9.63. The third-order valence-electron chi connectivity index (χ3n) is 2.31. The number of ether oxygens (including phenoxy) is 1. The standard InChI is InChI=1S/C15H14O2/c1-2-6-12-9-10-15(14(16)11-12)17-13-7-4-3-5-8-13/h2-11,16H,1H3/b6-2-. The van der Waals surface area contributed by atoms with Crippen LogP contribution in [0.4, 0.5) is 0 Å². The molecule has 0 saturated heterocycles. The number of para-hydroxylation sites is 1. The molecule has 2 aromatic carbocycles. The van der Waals surface area contributed by atoms with Gasteiger partial charge in [0.1, 0.15) is 5.75 Å². The molecule has 17 heavy (non-hydrogen) atoms. The van der Waals surface area contributed by atoms with E-state index in [1.165, 1.54) is 0 Å². The summed E-state index contributed by atoms with van der Waals surface area (Å²) in [7, 11) is 0. The minimum absolute atomic E-state index is 0.143. The topological polar surface area (TPSA) is 29.5 Å². The predicted molar refractivity (Wildman–Crippen MR) is 69.3 cm³/mol. The van der Waals surface area contributed by atoms with E-state index in [4.69, 9.17) is 4.74 Å². The normalized spacial score (nSPS) is 10.6. The minimum atomic E-state index is 0.143. The zero-order chi connectivity index (χ0) is 12.1. The van der Waals surface area contributed by atoms with Crippen molar-refractivity contribution in [2.24, 2.45) is 0 Å². The van der Waals surface area contributed by atoms with Crippen LogP contribution in [0.25, 0.3) is 6.08 Å². The van der Waals surface area contributed by atoms with E-state index in [0.29, 0.717) is 11.5 Å². The smallest absolute Gasteiger partial charge is 0.169 e. The van der Waals surface area contributed by atoms with Gasteiger partial charge in [-0.25, -0.2) is 0 Å². The third kappa shape index (κ3) is 2.88. The first kappa shape index (κ1) is 11.3. The Bertz CT molecular complexity index is 516. The number of aromatic hydroxyl groups is 1. The Morgan fingerprint density at radius 2 is 1.82 bits per heavy atom. The van der Waals surface area contributed by atoms with Crippen LogP contribution in [0.1, 0.15) is 12.5 Å². The molecule has 0 saturated carbocycles. The van der Waals surface area contributed by atoms with Gasteiger partial charge < -0.3 is 9.84 Å². The molecule has 0 spiro atoms. The van der Waals surface area contributed by atoms with Crippen molar-refractivity contribution in [3.05, 3.63) is 60.2 Å². The maximum absolute atomic E-state index is 9.82. The van der Waals surface area contributed by atoms with E-state index in [2.05, 4.69) is 0 Å². The SMILES string of the molecule is C/C=C\c1ccc(Oc2ccccc2)c(O)c1. The summed E-state index contributed by atoms with van der Waals surface area (Å²) >= 11 is 0. The Balaban J connectivity index is 2.23. The maximum atomic E-state index is 9.82. The molecule has 0 heterocycles. The van der Waals surface area contributed by atoms with Gasteiger partial charge in [-0.1, -0.05) is 36.4 Å². The van der Waals surface area contributed by atoms with Crippen LogP contribution in [0, 0.1) is 0 Å².